The van der Waals surface area contributed by atoms with Gasteiger partial charge in [0.05, 0.1) is 0 Å². The summed E-state index contributed by atoms with van der Waals surface area (Å²) < 4.78 is 2.73. The molecule has 1 aromatic carbocycles. The Balaban J connectivity index is 2.22. The first-order valence-corrected chi connectivity index (χ1v) is 6.05. The average molecular weight is 353 g/mol. The van der Waals surface area contributed by atoms with Crippen LogP contribution in [0.4, 0.5) is 0 Å². The molecule has 1 amide bonds. The van der Waals surface area contributed by atoms with Crippen LogP contribution in [-0.4, -0.2) is 26.1 Å². The molecule has 0 spiro atoms. The number of amides is 1. The van der Waals surface area contributed by atoms with Crippen LogP contribution in [0.25, 0.3) is 11.4 Å². The molecular weight excluding hydrogens is 345 g/mol. The van der Waals surface area contributed by atoms with Gasteiger partial charge in [0.15, 0.2) is 0 Å². The summed E-state index contributed by atoms with van der Waals surface area (Å²) in [6.45, 7) is 0.398. The maximum absolute atomic E-state index is 10.9. The van der Waals surface area contributed by atoms with E-state index in [1.807, 2.05) is 22.6 Å². The summed E-state index contributed by atoms with van der Waals surface area (Å²) in [4.78, 5) is 12.3. The Labute approximate surface area is 117 Å². The fraction of sp³-hybridized carbons (Fsp3) is 0.0909. The van der Waals surface area contributed by atoms with Gasteiger partial charge < -0.3 is 5.73 Å². The number of nitrogens with two attached hydrogens (primary N) is 1. The van der Waals surface area contributed by atoms with Crippen LogP contribution in [0.3, 0.4) is 0 Å². The van der Waals surface area contributed by atoms with E-state index in [1.165, 1.54) is 4.80 Å². The molecule has 18 heavy (non-hydrogen) atoms. The van der Waals surface area contributed by atoms with Crippen LogP contribution >= 0.6 is 22.6 Å². The third kappa shape index (κ3) is 2.84. The smallest absolute Gasteiger partial charge is 0.248 e. The van der Waals surface area contributed by atoms with Gasteiger partial charge in [-0.2, -0.15) is 4.80 Å². The van der Waals surface area contributed by atoms with Gasteiger partial charge in [-0.1, -0.05) is 18.1 Å². The van der Waals surface area contributed by atoms with E-state index in [0.717, 1.165) is 5.56 Å². The number of rotatable bonds is 3. The number of tetrazole rings is 1. The van der Waals surface area contributed by atoms with Crippen LogP contribution in [0.1, 0.15) is 10.4 Å². The second kappa shape index (κ2) is 5.59. The maximum Gasteiger partial charge on any atom is 0.248 e. The van der Waals surface area contributed by atoms with Gasteiger partial charge in [0.1, 0.15) is 6.54 Å². The summed E-state index contributed by atoms with van der Waals surface area (Å²) in [7, 11) is 0. The van der Waals surface area contributed by atoms with Crippen molar-refractivity contribution in [3.05, 3.63) is 29.8 Å². The van der Waals surface area contributed by atoms with E-state index in [0.29, 0.717) is 17.9 Å². The summed E-state index contributed by atoms with van der Waals surface area (Å²) in [5.41, 5.74) is 6.38. The maximum atomic E-state index is 10.9. The fourth-order valence-corrected chi connectivity index (χ4v) is 1.48. The van der Waals surface area contributed by atoms with E-state index in [9.17, 15) is 4.79 Å². The summed E-state index contributed by atoms with van der Waals surface area (Å²) >= 11 is 1.95. The highest BCUT2D eigenvalue weighted by Crippen LogP contribution is 2.14. The second-order valence-corrected chi connectivity index (χ2v) is 3.90. The largest absolute Gasteiger partial charge is 0.366 e. The number of carbonyl (C=O) groups excluding carboxylic acids is 1. The monoisotopic (exact) mass is 353 g/mol. The molecule has 0 aliphatic rings. The van der Waals surface area contributed by atoms with Gasteiger partial charge in [0.2, 0.25) is 11.7 Å². The van der Waals surface area contributed by atoms with Crippen LogP contribution in [0.15, 0.2) is 24.3 Å². The molecule has 90 valence electrons. The molecule has 0 radical (unpaired) electrons. The van der Waals surface area contributed by atoms with Gasteiger partial charge >= 0.3 is 0 Å². The summed E-state index contributed by atoms with van der Waals surface area (Å²) in [5, 5.41) is 11.9. The molecule has 0 bridgehead atoms. The van der Waals surface area contributed by atoms with Crippen molar-refractivity contribution in [2.24, 2.45) is 5.73 Å². The Morgan fingerprint density at radius 3 is 2.72 bits per heavy atom. The van der Waals surface area contributed by atoms with Crippen LogP contribution in [0, 0.1) is 9.85 Å². The third-order valence-corrected chi connectivity index (χ3v) is 2.55. The Hall–Kier alpha value is -1.95. The van der Waals surface area contributed by atoms with Gasteiger partial charge in [-0.05, 0) is 21.3 Å². The molecule has 0 atom stereocenters. The van der Waals surface area contributed by atoms with Crippen molar-refractivity contribution >= 4 is 28.5 Å². The highest BCUT2D eigenvalue weighted by atomic mass is 127. The van der Waals surface area contributed by atoms with Crippen molar-refractivity contribution in [1.82, 2.24) is 20.2 Å². The molecule has 0 aliphatic carbocycles. The lowest BCUT2D eigenvalue weighted by Crippen LogP contribution is -2.10. The molecule has 2 rings (SSSR count). The lowest BCUT2D eigenvalue weighted by molar-refractivity contribution is 0.100. The zero-order valence-corrected chi connectivity index (χ0v) is 11.3. The quantitative estimate of drug-likeness (QED) is 0.654. The van der Waals surface area contributed by atoms with E-state index in [4.69, 9.17) is 5.73 Å². The van der Waals surface area contributed by atoms with Crippen molar-refractivity contribution in [3.8, 4) is 21.2 Å². The molecule has 0 saturated carbocycles. The van der Waals surface area contributed by atoms with Crippen molar-refractivity contribution in [1.29, 1.82) is 0 Å². The molecule has 2 N–H and O–H groups in total. The fourth-order valence-electron chi connectivity index (χ4n) is 1.31. The van der Waals surface area contributed by atoms with E-state index < -0.39 is 5.91 Å². The van der Waals surface area contributed by atoms with Gasteiger partial charge in [0, 0.05) is 33.7 Å². The van der Waals surface area contributed by atoms with Crippen molar-refractivity contribution in [3.63, 3.8) is 0 Å². The molecule has 0 saturated heterocycles. The lowest BCUT2D eigenvalue weighted by atomic mass is 10.1. The lowest BCUT2D eigenvalue weighted by Gasteiger charge is -1.96. The van der Waals surface area contributed by atoms with Crippen LogP contribution in [0.5, 0.6) is 0 Å². The topological polar surface area (TPSA) is 86.7 Å². The molecule has 1 aromatic heterocycles. The SMILES string of the molecule is NC(=O)c1ccc(-c2nnn(CC#CI)n2)cc1. The minimum absolute atomic E-state index is 0.398. The number of carbonyl (C=O) groups is 1. The Kier molecular flexibility index (Phi) is 3.88. The van der Waals surface area contributed by atoms with E-state index in [2.05, 4.69) is 25.3 Å². The van der Waals surface area contributed by atoms with Gasteiger partial charge in [-0.25, -0.2) is 0 Å². The zero-order valence-electron chi connectivity index (χ0n) is 9.17. The average Bonchev–Trinajstić information content (AvgIpc) is 2.85. The molecule has 6 nitrogen and oxygen atoms in total. The molecule has 0 aliphatic heterocycles. The molecule has 0 unspecified atom stereocenters. The summed E-state index contributed by atoms with van der Waals surface area (Å²) in [6.07, 6.45) is 0. The standard InChI is InChI=1S/C11H8IN5O/c12-6-1-7-17-15-11(14-16-17)9-4-2-8(3-5-9)10(13)18/h2-5H,7H2,(H2,13,18). The predicted octanol–water partition coefficient (Wildman–Crippen LogP) is 0.835. The first-order valence-electron chi connectivity index (χ1n) is 4.97. The minimum Gasteiger partial charge on any atom is -0.366 e. The van der Waals surface area contributed by atoms with Crippen LogP contribution < -0.4 is 5.73 Å². The normalized spacial score (nSPS) is 9.61. The number of aromatic nitrogens is 4. The first kappa shape index (κ1) is 12.5. The number of benzene rings is 1. The molecule has 7 heteroatoms. The van der Waals surface area contributed by atoms with Crippen molar-refractivity contribution in [2.75, 3.05) is 0 Å². The number of hydrogen-bond donors (Lipinski definition) is 1. The highest BCUT2D eigenvalue weighted by molar-refractivity contribution is 14.1. The Morgan fingerprint density at radius 1 is 1.39 bits per heavy atom. The molecule has 2 aromatic rings. The molecule has 0 fully saturated rings. The van der Waals surface area contributed by atoms with Gasteiger partial charge in [-0.15, -0.1) is 10.2 Å². The number of primary amides is 1. The van der Waals surface area contributed by atoms with E-state index in [1.54, 1.807) is 24.3 Å². The van der Waals surface area contributed by atoms with Gasteiger partial charge in [0.25, 0.3) is 0 Å². The molecule has 1 heterocycles. The van der Waals surface area contributed by atoms with E-state index in [-0.39, 0.29) is 0 Å². The van der Waals surface area contributed by atoms with Crippen LogP contribution in [0.2, 0.25) is 0 Å². The minimum atomic E-state index is -0.463. The summed E-state index contributed by atoms with van der Waals surface area (Å²) in [5.74, 6) is 2.85. The summed E-state index contributed by atoms with van der Waals surface area (Å²) in [6, 6.07) is 6.71. The van der Waals surface area contributed by atoms with Crippen molar-refractivity contribution < 1.29 is 4.79 Å². The highest BCUT2D eigenvalue weighted by Gasteiger charge is 2.06. The number of hydrogen-bond acceptors (Lipinski definition) is 4. The van der Waals surface area contributed by atoms with Gasteiger partial charge in [-0.3, -0.25) is 4.79 Å². The van der Waals surface area contributed by atoms with E-state index >= 15 is 0 Å². The third-order valence-electron chi connectivity index (χ3n) is 2.17. The number of nitrogens with zero attached hydrogens (tertiary/aromatic N) is 4. The van der Waals surface area contributed by atoms with Crippen LogP contribution in [-0.2, 0) is 6.54 Å². The Morgan fingerprint density at radius 2 is 2.11 bits per heavy atom. The number of halogens is 1. The molecular formula is C11H8IN5O. The predicted molar refractivity (Wildman–Crippen MR) is 73.6 cm³/mol. The zero-order chi connectivity index (χ0) is 13.0. The van der Waals surface area contributed by atoms with Crippen molar-refractivity contribution in [2.45, 2.75) is 6.54 Å². The Bertz CT molecular complexity index is 623. The second-order valence-electron chi connectivity index (χ2n) is 3.36. The first-order chi connectivity index (χ1) is 8.70.